The standard InChI is InChI=1S/C29H33.C27H29.C2H6Si.2ClH.Zr/c1-3-19(2)25-14-24-5-4-6-27(28(24)15-25)23-7-9-26(10-8-23)29-16-20-11-21(17-29)13-22(12-20)18-29;1-2-18-13-23-4-3-5-25(26(23)14-18)22-6-8-24(9-7-22)27-15-19-10-20(16-27)12-21(11-19)17-27;1-3-2;;;/h4-10,14-15,19-22H,3,11-13,16-18H2,1-2H3;3-9,13-14,19-21H,2,10-12,15-17H2,1H3;1-2H3;2*1H;/q2*-1;;;;+4/p-2. The first-order valence-electron chi connectivity index (χ1n) is 24.3. The van der Waals surface area contributed by atoms with E-state index in [0.29, 0.717) is 16.7 Å². The second kappa shape index (κ2) is 19.3. The van der Waals surface area contributed by atoms with Crippen LogP contribution in [0, 0.1) is 35.5 Å². The minimum atomic E-state index is -0.826. The van der Waals surface area contributed by atoms with Crippen LogP contribution in [0.25, 0.3) is 43.8 Å². The van der Waals surface area contributed by atoms with Crippen molar-refractivity contribution in [3.63, 3.8) is 0 Å². The molecule has 0 amide bonds. The fourth-order valence-corrected chi connectivity index (χ4v) is 14.7. The summed E-state index contributed by atoms with van der Waals surface area (Å²) in [6, 6.07) is 42.7. The Morgan fingerprint density at radius 3 is 1.32 bits per heavy atom. The van der Waals surface area contributed by atoms with Gasteiger partial charge in [0, 0.05) is 9.52 Å². The molecule has 4 heteroatoms. The van der Waals surface area contributed by atoms with Crippen LogP contribution in [0.2, 0.25) is 13.1 Å². The number of hydrogen-bond donors (Lipinski definition) is 0. The summed E-state index contributed by atoms with van der Waals surface area (Å²) in [4.78, 5) is 0. The van der Waals surface area contributed by atoms with Gasteiger partial charge in [-0.1, -0.05) is 112 Å². The van der Waals surface area contributed by atoms with Crippen molar-refractivity contribution in [2.45, 2.75) is 141 Å². The van der Waals surface area contributed by atoms with Gasteiger partial charge in [0.1, 0.15) is 0 Å². The van der Waals surface area contributed by atoms with Crippen LogP contribution in [0.1, 0.15) is 132 Å². The van der Waals surface area contributed by atoms with Crippen LogP contribution in [0.15, 0.2) is 109 Å². The Hall–Kier alpha value is -2.22. The van der Waals surface area contributed by atoms with E-state index >= 15 is 0 Å². The minimum absolute atomic E-state index is 0.503. The van der Waals surface area contributed by atoms with Gasteiger partial charge in [0.15, 0.2) is 0 Å². The van der Waals surface area contributed by atoms with Crippen LogP contribution in [-0.4, -0.2) is 9.52 Å². The fourth-order valence-electron chi connectivity index (χ4n) is 14.7. The van der Waals surface area contributed by atoms with Crippen LogP contribution < -0.4 is 0 Å². The third-order valence-electron chi connectivity index (χ3n) is 16.9. The molecule has 0 aromatic heterocycles. The van der Waals surface area contributed by atoms with Crippen LogP contribution in [-0.2, 0) is 38.1 Å². The van der Waals surface area contributed by atoms with Crippen LogP contribution in [0.5, 0.6) is 0 Å². The van der Waals surface area contributed by atoms with Gasteiger partial charge in [-0.25, -0.2) is 0 Å². The van der Waals surface area contributed by atoms with Crippen molar-refractivity contribution in [2.75, 3.05) is 0 Å². The molecule has 8 aliphatic rings. The van der Waals surface area contributed by atoms with Crippen molar-refractivity contribution in [3.8, 4) is 22.3 Å². The molecule has 14 rings (SSSR count). The molecular weight excluding hydrogens is 887 g/mol. The summed E-state index contributed by atoms with van der Waals surface area (Å²) in [5.41, 5.74) is 12.8. The molecule has 0 nitrogen and oxygen atoms in total. The molecule has 8 bridgehead atoms. The second-order valence-electron chi connectivity index (χ2n) is 21.1. The zero-order valence-corrected chi connectivity index (χ0v) is 43.1. The van der Waals surface area contributed by atoms with E-state index in [1.807, 2.05) is 0 Å². The summed E-state index contributed by atoms with van der Waals surface area (Å²) >= 11 is -0.826. The number of fused-ring (bicyclic) bond motifs is 2. The summed E-state index contributed by atoms with van der Waals surface area (Å²) in [6.45, 7) is 11.2. The fraction of sp³-hybridized carbons (Fsp3) is 0.483. The van der Waals surface area contributed by atoms with Gasteiger partial charge in [-0.05, 0) is 158 Å². The van der Waals surface area contributed by atoms with Gasteiger partial charge >= 0.3 is 37.9 Å². The number of hydrogen-bond acceptors (Lipinski definition) is 0. The van der Waals surface area contributed by atoms with E-state index in [-0.39, 0.29) is 0 Å². The van der Waals surface area contributed by atoms with E-state index in [0.717, 1.165) is 51.4 Å². The van der Waals surface area contributed by atoms with Gasteiger partial charge in [0.05, 0.1) is 0 Å². The molecule has 1 unspecified atom stereocenters. The Kier molecular flexibility index (Phi) is 14.0. The Morgan fingerprint density at radius 1 is 0.581 bits per heavy atom. The molecule has 8 aliphatic carbocycles. The summed E-state index contributed by atoms with van der Waals surface area (Å²) in [7, 11) is 11.0. The monoisotopic (exact) mass is 952 g/mol. The van der Waals surface area contributed by atoms with E-state index < -0.39 is 20.8 Å². The maximum atomic E-state index is 4.93. The normalized spacial score (nSPS) is 29.0. The first kappa shape index (κ1) is 45.0. The zero-order valence-electron chi connectivity index (χ0n) is 38.1. The van der Waals surface area contributed by atoms with Gasteiger partial charge in [-0.2, -0.15) is 12.1 Å². The maximum absolute atomic E-state index is 4.93. The van der Waals surface area contributed by atoms with Crippen LogP contribution in [0.4, 0.5) is 0 Å². The van der Waals surface area contributed by atoms with Crippen molar-refractivity contribution in [1.29, 1.82) is 0 Å². The van der Waals surface area contributed by atoms with Crippen LogP contribution in [0.3, 0.4) is 0 Å². The molecule has 8 fully saturated rings. The first-order chi connectivity index (χ1) is 30.2. The van der Waals surface area contributed by atoms with E-state index in [1.54, 1.807) is 11.1 Å². The van der Waals surface area contributed by atoms with Gasteiger partial charge < -0.3 is 0 Å². The predicted octanol–water partition coefficient (Wildman–Crippen LogP) is 17.6. The molecule has 0 spiro atoms. The Balaban J connectivity index is 0.000000141. The molecule has 6 aromatic carbocycles. The van der Waals surface area contributed by atoms with Crippen molar-refractivity contribution in [3.05, 3.63) is 131 Å². The van der Waals surface area contributed by atoms with Gasteiger partial charge in [-0.15, -0.1) is 69.1 Å². The molecule has 0 N–H and O–H groups in total. The summed E-state index contributed by atoms with van der Waals surface area (Å²) < 4.78 is 0. The first-order valence-corrected chi connectivity index (χ1v) is 32.7. The van der Waals surface area contributed by atoms with E-state index in [2.05, 4.69) is 143 Å². The van der Waals surface area contributed by atoms with Crippen molar-refractivity contribution in [1.82, 2.24) is 0 Å². The molecule has 1 atom stereocenters. The zero-order chi connectivity index (χ0) is 43.0. The molecule has 0 heterocycles. The van der Waals surface area contributed by atoms with E-state index in [1.165, 1.54) is 138 Å². The van der Waals surface area contributed by atoms with E-state index in [4.69, 9.17) is 17.0 Å². The number of aryl methyl sites for hydroxylation is 1. The Morgan fingerprint density at radius 2 is 0.952 bits per heavy atom. The third kappa shape index (κ3) is 9.01. The van der Waals surface area contributed by atoms with Crippen molar-refractivity contribution in [2.24, 2.45) is 35.5 Å². The summed E-state index contributed by atoms with van der Waals surface area (Å²) in [6.07, 6.45) is 20.2. The average Bonchev–Trinajstić information content (AvgIpc) is 3.91. The molecule has 2 radical (unpaired) electrons. The topological polar surface area (TPSA) is 0 Å². The van der Waals surface area contributed by atoms with Gasteiger partial charge in [0.25, 0.3) is 0 Å². The molecule has 6 aromatic rings. The predicted molar refractivity (Wildman–Crippen MR) is 267 cm³/mol. The number of rotatable bonds is 7. The second-order valence-corrected chi connectivity index (χ2v) is 25.8. The average molecular weight is 955 g/mol. The number of halogens is 2. The Labute approximate surface area is 395 Å². The molecular formula is C58H68Cl2SiZr. The molecule has 0 aliphatic heterocycles. The van der Waals surface area contributed by atoms with Crippen molar-refractivity contribution >= 4 is 48.1 Å². The van der Waals surface area contributed by atoms with E-state index in [9.17, 15) is 0 Å². The van der Waals surface area contributed by atoms with Gasteiger partial charge in [0.2, 0.25) is 0 Å². The van der Waals surface area contributed by atoms with Crippen LogP contribution >= 0.6 is 17.0 Å². The van der Waals surface area contributed by atoms with Gasteiger partial charge in [-0.3, -0.25) is 0 Å². The Bertz CT molecular complexity index is 2340. The third-order valence-corrected chi connectivity index (χ3v) is 16.9. The summed E-state index contributed by atoms with van der Waals surface area (Å²) in [5.74, 6) is 6.71. The molecule has 62 heavy (non-hydrogen) atoms. The summed E-state index contributed by atoms with van der Waals surface area (Å²) in [5, 5.41) is 5.61. The quantitative estimate of drug-likeness (QED) is 0.110. The molecule has 8 saturated carbocycles. The molecule has 322 valence electrons. The molecule has 0 saturated heterocycles. The number of benzene rings is 4. The SMILES string of the molecule is CCC(C)c1cc2c(-c3ccc(C45CC6CC(CC(C6)C4)C5)cc3)cccc2[cH-]1.CCc1cc2c(-c3ccc(C45CC6CC(CC(C6)C4)C5)cc3)cccc2[cH-]1.C[Si]C.[Cl][Zr+2][Cl]. The van der Waals surface area contributed by atoms with Crippen molar-refractivity contribution < 1.29 is 20.8 Å².